The first kappa shape index (κ1) is 17.6. The molecule has 1 aliphatic heterocycles. The van der Waals surface area contributed by atoms with Crippen molar-refractivity contribution in [1.82, 2.24) is 19.7 Å². The highest BCUT2D eigenvalue weighted by molar-refractivity contribution is 5.77. The molecule has 1 saturated heterocycles. The number of nitrogens with zero attached hydrogens (tertiary/aromatic N) is 4. The Bertz CT molecular complexity index is 663. The van der Waals surface area contributed by atoms with Crippen molar-refractivity contribution in [2.24, 2.45) is 0 Å². The largest absolute Gasteiger partial charge is 0.371 e. The van der Waals surface area contributed by atoms with Crippen LogP contribution < -0.4 is 0 Å². The monoisotopic (exact) mass is 342 g/mol. The molecule has 2 aromatic rings. The lowest BCUT2D eigenvalue weighted by atomic mass is 9.96. The van der Waals surface area contributed by atoms with E-state index in [0.717, 1.165) is 44.7 Å². The molecule has 0 aliphatic carbocycles. The van der Waals surface area contributed by atoms with Crippen molar-refractivity contribution in [1.29, 1.82) is 0 Å². The maximum Gasteiger partial charge on any atom is 0.248 e. The molecule has 0 radical (unpaired) electrons. The zero-order chi connectivity index (χ0) is 17.5. The quantitative estimate of drug-likeness (QED) is 0.724. The van der Waals surface area contributed by atoms with Crippen LogP contribution in [-0.2, 0) is 22.5 Å². The predicted molar refractivity (Wildman–Crippen MR) is 95.2 cm³/mol. The number of hydrogen-bond donors (Lipinski definition) is 0. The minimum atomic E-state index is 0.0865. The van der Waals surface area contributed by atoms with Gasteiger partial charge in [0.25, 0.3) is 0 Å². The number of ether oxygens (including phenoxy) is 1. The fraction of sp³-hybridized carbons (Fsp3) is 0.526. The molecular formula is C19H26N4O2. The molecule has 1 amide bonds. The Hall–Kier alpha value is -2.21. The highest BCUT2D eigenvalue weighted by atomic mass is 16.5. The van der Waals surface area contributed by atoms with Gasteiger partial charge in [-0.05, 0) is 31.7 Å². The molecule has 25 heavy (non-hydrogen) atoms. The van der Waals surface area contributed by atoms with Crippen LogP contribution in [0.3, 0.4) is 0 Å². The minimum absolute atomic E-state index is 0.0865. The number of rotatable bonds is 7. The van der Waals surface area contributed by atoms with Gasteiger partial charge in [-0.1, -0.05) is 30.3 Å². The van der Waals surface area contributed by atoms with Crippen molar-refractivity contribution in [3.8, 4) is 0 Å². The lowest BCUT2D eigenvalue weighted by Crippen LogP contribution is -2.40. The van der Waals surface area contributed by atoms with Crippen molar-refractivity contribution in [2.45, 2.75) is 38.6 Å². The summed E-state index contributed by atoms with van der Waals surface area (Å²) in [5.74, 6) is 1.53. The molecule has 2 heterocycles. The smallest absolute Gasteiger partial charge is 0.248 e. The van der Waals surface area contributed by atoms with Crippen molar-refractivity contribution < 1.29 is 9.53 Å². The summed E-state index contributed by atoms with van der Waals surface area (Å²) >= 11 is 0. The summed E-state index contributed by atoms with van der Waals surface area (Å²) in [7, 11) is 0. The van der Waals surface area contributed by atoms with Crippen LogP contribution in [-0.4, -0.2) is 51.9 Å². The van der Waals surface area contributed by atoms with Crippen LogP contribution in [0, 0.1) is 0 Å². The third kappa shape index (κ3) is 4.66. The molecule has 0 atom stereocenters. The molecule has 3 rings (SSSR count). The molecule has 0 spiro atoms. The van der Waals surface area contributed by atoms with Gasteiger partial charge >= 0.3 is 0 Å². The number of aromatic nitrogens is 3. The topological polar surface area (TPSA) is 60.2 Å². The van der Waals surface area contributed by atoms with Gasteiger partial charge in [0.1, 0.15) is 18.8 Å². The Kier molecular flexibility index (Phi) is 6.17. The number of hydrogen-bond acceptors (Lipinski definition) is 4. The summed E-state index contributed by atoms with van der Waals surface area (Å²) < 4.78 is 7.66. The van der Waals surface area contributed by atoms with Gasteiger partial charge in [-0.2, -0.15) is 0 Å². The van der Waals surface area contributed by atoms with Crippen molar-refractivity contribution in [3.05, 3.63) is 48.0 Å². The van der Waals surface area contributed by atoms with Gasteiger partial charge < -0.3 is 14.2 Å². The van der Waals surface area contributed by atoms with Gasteiger partial charge in [-0.15, -0.1) is 10.2 Å². The molecule has 0 N–H and O–H groups in total. The third-order valence-electron chi connectivity index (χ3n) is 4.80. The molecule has 1 fully saturated rings. The van der Waals surface area contributed by atoms with Crippen LogP contribution in [0.25, 0.3) is 0 Å². The number of carbonyl (C=O) groups is 1. The second-order valence-electron chi connectivity index (χ2n) is 6.42. The van der Waals surface area contributed by atoms with E-state index in [2.05, 4.69) is 33.8 Å². The number of carbonyl (C=O) groups excluding carboxylic acids is 1. The minimum Gasteiger partial charge on any atom is -0.371 e. The molecule has 0 bridgehead atoms. The van der Waals surface area contributed by atoms with Gasteiger partial charge in [0.15, 0.2) is 0 Å². The Balaban J connectivity index is 1.38. The molecule has 6 heteroatoms. The van der Waals surface area contributed by atoms with Gasteiger partial charge in [0.05, 0.1) is 6.61 Å². The number of benzene rings is 1. The normalized spacial score (nSPS) is 15.5. The van der Waals surface area contributed by atoms with E-state index in [0.29, 0.717) is 12.5 Å². The average Bonchev–Trinajstić information content (AvgIpc) is 3.15. The van der Waals surface area contributed by atoms with E-state index in [1.807, 2.05) is 23.1 Å². The Morgan fingerprint density at radius 2 is 2.00 bits per heavy atom. The summed E-state index contributed by atoms with van der Waals surface area (Å²) in [5.41, 5.74) is 1.23. The zero-order valence-corrected chi connectivity index (χ0v) is 14.8. The molecule has 1 aromatic carbocycles. The van der Waals surface area contributed by atoms with E-state index in [1.165, 1.54) is 5.56 Å². The second-order valence-corrected chi connectivity index (χ2v) is 6.42. The number of aryl methyl sites for hydroxylation is 1. The molecule has 0 saturated carbocycles. The Labute approximate surface area is 148 Å². The van der Waals surface area contributed by atoms with Crippen LogP contribution in [0.15, 0.2) is 36.7 Å². The van der Waals surface area contributed by atoms with Crippen LogP contribution in [0.2, 0.25) is 0 Å². The number of piperidine rings is 1. The summed E-state index contributed by atoms with van der Waals surface area (Å²) in [4.78, 5) is 14.2. The lowest BCUT2D eigenvalue weighted by molar-refractivity contribution is -0.137. The van der Waals surface area contributed by atoms with Crippen molar-refractivity contribution >= 4 is 5.91 Å². The van der Waals surface area contributed by atoms with E-state index in [4.69, 9.17) is 4.74 Å². The molecular weight excluding hydrogens is 316 g/mol. The summed E-state index contributed by atoms with van der Waals surface area (Å²) in [6.45, 7) is 5.26. The first-order chi connectivity index (χ1) is 12.3. The third-order valence-corrected chi connectivity index (χ3v) is 4.80. The number of amides is 1. The maximum atomic E-state index is 12.3. The summed E-state index contributed by atoms with van der Waals surface area (Å²) in [6, 6.07) is 10.2. The SMILES string of the molecule is CCn1cnnc1C1CCN(C(=O)COCCc2ccccc2)CC1. The molecule has 0 unspecified atom stereocenters. The first-order valence-corrected chi connectivity index (χ1v) is 9.05. The highest BCUT2D eigenvalue weighted by Gasteiger charge is 2.26. The fourth-order valence-electron chi connectivity index (χ4n) is 3.30. The zero-order valence-electron chi connectivity index (χ0n) is 14.8. The van der Waals surface area contributed by atoms with Crippen LogP contribution in [0.4, 0.5) is 0 Å². The van der Waals surface area contributed by atoms with Crippen LogP contribution >= 0.6 is 0 Å². The Morgan fingerprint density at radius 3 is 2.72 bits per heavy atom. The predicted octanol–water partition coefficient (Wildman–Crippen LogP) is 2.26. The van der Waals surface area contributed by atoms with Crippen LogP contribution in [0.5, 0.6) is 0 Å². The van der Waals surface area contributed by atoms with E-state index in [-0.39, 0.29) is 12.5 Å². The fourth-order valence-corrected chi connectivity index (χ4v) is 3.30. The van der Waals surface area contributed by atoms with Crippen molar-refractivity contribution in [2.75, 3.05) is 26.3 Å². The molecule has 1 aliphatic rings. The first-order valence-electron chi connectivity index (χ1n) is 9.05. The van der Waals surface area contributed by atoms with E-state index in [9.17, 15) is 4.79 Å². The average molecular weight is 342 g/mol. The maximum absolute atomic E-state index is 12.3. The van der Waals surface area contributed by atoms with E-state index >= 15 is 0 Å². The van der Waals surface area contributed by atoms with Crippen LogP contribution in [0.1, 0.15) is 37.1 Å². The van der Waals surface area contributed by atoms with Gasteiger partial charge in [-0.25, -0.2) is 0 Å². The molecule has 134 valence electrons. The second kappa shape index (κ2) is 8.76. The van der Waals surface area contributed by atoms with Crippen molar-refractivity contribution in [3.63, 3.8) is 0 Å². The van der Waals surface area contributed by atoms with Gasteiger partial charge in [0, 0.05) is 25.6 Å². The molecule has 1 aromatic heterocycles. The number of likely N-dealkylation sites (tertiary alicyclic amines) is 1. The van der Waals surface area contributed by atoms with E-state index in [1.54, 1.807) is 6.33 Å². The van der Waals surface area contributed by atoms with E-state index < -0.39 is 0 Å². The summed E-state index contributed by atoms with van der Waals surface area (Å²) in [6.07, 6.45) is 4.50. The Morgan fingerprint density at radius 1 is 1.24 bits per heavy atom. The molecule has 6 nitrogen and oxygen atoms in total. The highest BCUT2D eigenvalue weighted by Crippen LogP contribution is 2.26. The van der Waals surface area contributed by atoms with Gasteiger partial charge in [0.2, 0.25) is 5.91 Å². The lowest BCUT2D eigenvalue weighted by Gasteiger charge is -2.31. The van der Waals surface area contributed by atoms with Gasteiger partial charge in [-0.3, -0.25) is 4.79 Å². The standard InChI is InChI=1S/C19H26N4O2/c1-2-22-15-20-21-19(22)17-8-11-23(12-9-17)18(24)14-25-13-10-16-6-4-3-5-7-16/h3-7,15,17H,2,8-14H2,1H3. The summed E-state index contributed by atoms with van der Waals surface area (Å²) in [5, 5.41) is 8.26.